The van der Waals surface area contributed by atoms with Gasteiger partial charge in [0, 0.05) is 49.5 Å². The lowest BCUT2D eigenvalue weighted by Crippen LogP contribution is -2.50. The Hall–Kier alpha value is -2.93. The predicted molar refractivity (Wildman–Crippen MR) is 117 cm³/mol. The van der Waals surface area contributed by atoms with Gasteiger partial charge in [-0.25, -0.2) is 4.98 Å². The maximum Gasteiger partial charge on any atom is 0.264 e. The Morgan fingerprint density at radius 3 is 2.37 bits per heavy atom. The number of carbonyl (C=O) groups excluding carboxylic acids is 2. The number of piperazine rings is 1. The van der Waals surface area contributed by atoms with Crippen LogP contribution >= 0.6 is 11.3 Å². The van der Waals surface area contributed by atoms with Crippen molar-refractivity contribution < 1.29 is 14.0 Å². The molecule has 0 saturated carbocycles. The summed E-state index contributed by atoms with van der Waals surface area (Å²) in [6, 6.07) is 11.9. The molecule has 30 heavy (non-hydrogen) atoms. The van der Waals surface area contributed by atoms with Gasteiger partial charge in [-0.1, -0.05) is 29.8 Å². The first-order valence-corrected chi connectivity index (χ1v) is 11.0. The molecule has 1 aliphatic heterocycles. The fourth-order valence-electron chi connectivity index (χ4n) is 3.51. The summed E-state index contributed by atoms with van der Waals surface area (Å²) in [6.45, 7) is 6.30. The third-order valence-corrected chi connectivity index (χ3v) is 6.30. The molecule has 1 fully saturated rings. The van der Waals surface area contributed by atoms with Crippen LogP contribution in [0.1, 0.15) is 32.4 Å². The van der Waals surface area contributed by atoms with Crippen molar-refractivity contribution in [3.05, 3.63) is 63.8 Å². The van der Waals surface area contributed by atoms with Gasteiger partial charge in [0.2, 0.25) is 5.91 Å². The fourth-order valence-corrected chi connectivity index (χ4v) is 4.35. The largest absolute Gasteiger partial charge is 0.441 e. The second-order valence-electron chi connectivity index (χ2n) is 7.57. The molecule has 6 nitrogen and oxygen atoms in total. The molecule has 1 aliphatic rings. The van der Waals surface area contributed by atoms with Gasteiger partial charge >= 0.3 is 0 Å². The number of thiophene rings is 1. The molecule has 3 aromatic rings. The summed E-state index contributed by atoms with van der Waals surface area (Å²) < 4.78 is 5.81. The predicted octanol–water partition coefficient (Wildman–Crippen LogP) is 3.94. The Balaban J connectivity index is 1.26. The molecule has 0 radical (unpaired) electrons. The monoisotopic (exact) mass is 423 g/mol. The molecule has 2 aromatic heterocycles. The van der Waals surface area contributed by atoms with Crippen LogP contribution in [-0.4, -0.2) is 52.8 Å². The first-order valence-electron chi connectivity index (χ1n) is 10.1. The van der Waals surface area contributed by atoms with Gasteiger partial charge in [0.15, 0.2) is 11.7 Å². The molecular weight excluding hydrogens is 398 g/mol. The second kappa shape index (κ2) is 8.83. The molecule has 0 N–H and O–H groups in total. The number of nitrogens with zero attached hydrogens (tertiary/aromatic N) is 3. The zero-order valence-corrected chi connectivity index (χ0v) is 18.1. The van der Waals surface area contributed by atoms with Crippen molar-refractivity contribution in [2.24, 2.45) is 0 Å². The van der Waals surface area contributed by atoms with Crippen molar-refractivity contribution in [3.63, 3.8) is 0 Å². The normalized spacial score (nSPS) is 14.2. The summed E-state index contributed by atoms with van der Waals surface area (Å²) >= 11 is 1.51. The van der Waals surface area contributed by atoms with Crippen molar-refractivity contribution >= 4 is 23.2 Å². The Morgan fingerprint density at radius 1 is 1.00 bits per heavy atom. The number of hydrogen-bond acceptors (Lipinski definition) is 5. The zero-order chi connectivity index (χ0) is 21.1. The number of rotatable bonds is 5. The van der Waals surface area contributed by atoms with Crippen molar-refractivity contribution in [3.8, 4) is 11.3 Å². The minimum absolute atomic E-state index is 0.0589. The molecule has 0 spiro atoms. The summed E-state index contributed by atoms with van der Waals surface area (Å²) in [7, 11) is 0. The lowest BCUT2D eigenvalue weighted by Gasteiger charge is -2.34. The van der Waals surface area contributed by atoms with Crippen LogP contribution in [-0.2, 0) is 11.2 Å². The second-order valence-corrected chi connectivity index (χ2v) is 8.86. The van der Waals surface area contributed by atoms with E-state index in [-0.39, 0.29) is 11.8 Å². The van der Waals surface area contributed by atoms with E-state index < -0.39 is 0 Å². The maximum absolute atomic E-state index is 12.6. The van der Waals surface area contributed by atoms with E-state index in [1.807, 2.05) is 60.0 Å². The van der Waals surface area contributed by atoms with Crippen LogP contribution in [0.2, 0.25) is 0 Å². The molecule has 7 heteroatoms. The maximum atomic E-state index is 12.6. The first-order chi connectivity index (χ1) is 14.5. The van der Waals surface area contributed by atoms with Crippen molar-refractivity contribution in [2.45, 2.75) is 26.7 Å². The van der Waals surface area contributed by atoms with E-state index in [0.29, 0.717) is 50.7 Å². The molecule has 1 aromatic carbocycles. The number of aryl methyl sites for hydroxylation is 3. The number of benzene rings is 1. The number of oxazole rings is 1. The summed E-state index contributed by atoms with van der Waals surface area (Å²) in [4.78, 5) is 35.0. The van der Waals surface area contributed by atoms with Gasteiger partial charge in [-0.05, 0) is 26.0 Å². The minimum Gasteiger partial charge on any atom is -0.441 e. The van der Waals surface area contributed by atoms with Gasteiger partial charge in [-0.3, -0.25) is 9.59 Å². The van der Waals surface area contributed by atoms with E-state index in [4.69, 9.17) is 4.42 Å². The van der Waals surface area contributed by atoms with Crippen LogP contribution < -0.4 is 0 Å². The van der Waals surface area contributed by atoms with Gasteiger partial charge < -0.3 is 14.2 Å². The lowest BCUT2D eigenvalue weighted by atomic mass is 10.1. The van der Waals surface area contributed by atoms with Crippen LogP contribution in [0.4, 0.5) is 0 Å². The lowest BCUT2D eigenvalue weighted by molar-refractivity contribution is -0.132. The highest BCUT2D eigenvalue weighted by Gasteiger charge is 2.25. The van der Waals surface area contributed by atoms with Crippen molar-refractivity contribution in [1.82, 2.24) is 14.8 Å². The number of carbonyl (C=O) groups is 2. The number of hydrogen-bond donors (Lipinski definition) is 0. The molecule has 0 bridgehead atoms. The molecule has 156 valence electrons. The smallest absolute Gasteiger partial charge is 0.264 e. The van der Waals surface area contributed by atoms with E-state index in [0.717, 1.165) is 15.3 Å². The molecule has 2 amide bonds. The molecular formula is C23H25N3O3S. The van der Waals surface area contributed by atoms with Gasteiger partial charge in [0.05, 0.1) is 11.1 Å². The summed E-state index contributed by atoms with van der Waals surface area (Å²) in [5.74, 6) is 1.42. The minimum atomic E-state index is 0.0589. The van der Waals surface area contributed by atoms with Gasteiger partial charge in [-0.15, -0.1) is 11.3 Å². The van der Waals surface area contributed by atoms with E-state index in [1.54, 1.807) is 6.20 Å². The van der Waals surface area contributed by atoms with Crippen molar-refractivity contribution in [2.75, 3.05) is 26.2 Å². The van der Waals surface area contributed by atoms with E-state index in [1.165, 1.54) is 16.9 Å². The molecule has 3 heterocycles. The summed E-state index contributed by atoms with van der Waals surface area (Å²) in [5, 5.41) is 0. The van der Waals surface area contributed by atoms with Crippen LogP contribution in [0.3, 0.4) is 0 Å². The Bertz CT molecular complexity index is 1030. The van der Waals surface area contributed by atoms with E-state index >= 15 is 0 Å². The standard InChI is InChI=1S/C23H25N3O3S/c1-16-3-6-18(7-4-16)19-15-24-21(29-19)9-10-22(27)25-11-13-26(14-12-25)23(28)20-8-5-17(2)30-20/h3-8,15H,9-14H2,1-2H3. The molecule has 4 rings (SSSR count). The van der Waals surface area contributed by atoms with Gasteiger partial charge in [0.1, 0.15) is 0 Å². The van der Waals surface area contributed by atoms with Gasteiger partial charge in [-0.2, -0.15) is 0 Å². The Labute approximate surface area is 180 Å². The quantitative estimate of drug-likeness (QED) is 0.624. The van der Waals surface area contributed by atoms with Crippen LogP contribution in [0, 0.1) is 13.8 Å². The highest BCUT2D eigenvalue weighted by atomic mass is 32.1. The molecule has 0 aliphatic carbocycles. The average Bonchev–Trinajstić information content (AvgIpc) is 3.41. The highest BCUT2D eigenvalue weighted by Crippen LogP contribution is 2.22. The van der Waals surface area contributed by atoms with Crippen molar-refractivity contribution in [1.29, 1.82) is 0 Å². The number of aromatic nitrogens is 1. The third-order valence-electron chi connectivity index (χ3n) is 5.31. The van der Waals surface area contributed by atoms with Crippen LogP contribution in [0.5, 0.6) is 0 Å². The van der Waals surface area contributed by atoms with E-state index in [2.05, 4.69) is 4.98 Å². The Morgan fingerprint density at radius 2 is 1.70 bits per heavy atom. The third kappa shape index (κ3) is 4.62. The summed E-state index contributed by atoms with van der Waals surface area (Å²) in [6.07, 6.45) is 2.53. The Kier molecular flexibility index (Phi) is 5.99. The topological polar surface area (TPSA) is 66.7 Å². The molecule has 0 atom stereocenters. The SMILES string of the molecule is Cc1ccc(-c2cnc(CCC(=O)N3CCN(C(=O)c4ccc(C)s4)CC3)o2)cc1. The van der Waals surface area contributed by atoms with Gasteiger partial charge in [0.25, 0.3) is 5.91 Å². The number of amides is 2. The zero-order valence-electron chi connectivity index (χ0n) is 17.3. The van der Waals surface area contributed by atoms with Crippen LogP contribution in [0.25, 0.3) is 11.3 Å². The molecule has 0 unspecified atom stereocenters. The van der Waals surface area contributed by atoms with E-state index in [9.17, 15) is 9.59 Å². The first kappa shape index (κ1) is 20.3. The highest BCUT2D eigenvalue weighted by molar-refractivity contribution is 7.13. The fraction of sp³-hybridized carbons (Fsp3) is 0.348. The molecule has 1 saturated heterocycles. The summed E-state index contributed by atoms with van der Waals surface area (Å²) in [5.41, 5.74) is 2.17. The van der Waals surface area contributed by atoms with Crippen LogP contribution in [0.15, 0.2) is 47.0 Å². The average molecular weight is 424 g/mol.